The van der Waals surface area contributed by atoms with Gasteiger partial charge in [-0.2, -0.15) is 0 Å². The molecule has 1 aromatic heterocycles. The van der Waals surface area contributed by atoms with Crippen LogP contribution in [-0.2, 0) is 0 Å². The van der Waals surface area contributed by atoms with Crippen LogP contribution in [0.4, 0.5) is 4.39 Å². The summed E-state index contributed by atoms with van der Waals surface area (Å²) in [4.78, 5) is 19.6. The van der Waals surface area contributed by atoms with E-state index in [1.165, 1.54) is 36.8 Å². The quantitative estimate of drug-likeness (QED) is 0.795. The summed E-state index contributed by atoms with van der Waals surface area (Å²) in [5, 5.41) is 0. The summed E-state index contributed by atoms with van der Waals surface area (Å²) >= 11 is 3.03. The molecule has 80 valence electrons. The molecule has 0 aliphatic heterocycles. The van der Waals surface area contributed by atoms with Gasteiger partial charge in [-0.15, -0.1) is 0 Å². The van der Waals surface area contributed by atoms with Crippen molar-refractivity contribution in [2.24, 2.45) is 0 Å². The zero-order valence-electron chi connectivity index (χ0n) is 8.02. The molecule has 2 rings (SSSR count). The van der Waals surface area contributed by atoms with Gasteiger partial charge in [0.25, 0.3) is 0 Å². The third-order valence-corrected chi connectivity index (χ3v) is 2.80. The molecule has 5 heteroatoms. The molecule has 0 saturated heterocycles. The predicted molar refractivity (Wildman–Crippen MR) is 59.6 cm³/mol. The lowest BCUT2D eigenvalue weighted by Crippen LogP contribution is -2.05. The number of hydrogen-bond acceptors (Lipinski definition) is 3. The summed E-state index contributed by atoms with van der Waals surface area (Å²) in [6, 6.07) is 4.28. The van der Waals surface area contributed by atoms with Crippen LogP contribution in [0, 0.1) is 5.82 Å². The van der Waals surface area contributed by atoms with E-state index in [-0.39, 0.29) is 21.5 Å². The van der Waals surface area contributed by atoms with Crippen molar-refractivity contribution in [3.8, 4) is 0 Å². The Hall–Kier alpha value is -1.62. The van der Waals surface area contributed by atoms with E-state index in [0.29, 0.717) is 0 Å². The van der Waals surface area contributed by atoms with E-state index in [4.69, 9.17) is 0 Å². The van der Waals surface area contributed by atoms with Gasteiger partial charge in [0, 0.05) is 18.0 Å². The molecule has 0 amide bonds. The van der Waals surface area contributed by atoms with Gasteiger partial charge in [0.05, 0.1) is 10.7 Å². The van der Waals surface area contributed by atoms with Crippen molar-refractivity contribution in [1.29, 1.82) is 0 Å². The van der Waals surface area contributed by atoms with E-state index in [1.54, 1.807) is 0 Å². The van der Waals surface area contributed by atoms with Crippen LogP contribution in [0.5, 0.6) is 0 Å². The van der Waals surface area contributed by atoms with E-state index >= 15 is 0 Å². The number of hydrogen-bond donors (Lipinski definition) is 0. The molecular formula is C11H6BrFN2O. The third-order valence-electron chi connectivity index (χ3n) is 1.99. The van der Waals surface area contributed by atoms with Crippen LogP contribution in [-0.4, -0.2) is 15.8 Å². The summed E-state index contributed by atoms with van der Waals surface area (Å²) in [6.07, 6.45) is 4.23. The topological polar surface area (TPSA) is 42.9 Å². The lowest BCUT2D eigenvalue weighted by molar-refractivity contribution is 0.103. The molecule has 0 spiro atoms. The fourth-order valence-electron chi connectivity index (χ4n) is 1.23. The highest BCUT2D eigenvalue weighted by molar-refractivity contribution is 9.10. The van der Waals surface area contributed by atoms with Crippen molar-refractivity contribution >= 4 is 21.7 Å². The first-order valence-electron chi connectivity index (χ1n) is 4.45. The van der Waals surface area contributed by atoms with Crippen molar-refractivity contribution in [2.45, 2.75) is 0 Å². The van der Waals surface area contributed by atoms with Crippen molar-refractivity contribution in [2.75, 3.05) is 0 Å². The number of halogens is 2. The first-order valence-corrected chi connectivity index (χ1v) is 5.24. The highest BCUT2D eigenvalue weighted by Crippen LogP contribution is 2.22. The lowest BCUT2D eigenvalue weighted by Gasteiger charge is -2.03. The average Bonchev–Trinajstić information content (AvgIpc) is 2.33. The fraction of sp³-hybridized carbons (Fsp3) is 0. The van der Waals surface area contributed by atoms with Gasteiger partial charge >= 0.3 is 0 Å². The van der Waals surface area contributed by atoms with Gasteiger partial charge in [-0.3, -0.25) is 9.78 Å². The molecule has 0 aliphatic carbocycles. The van der Waals surface area contributed by atoms with E-state index < -0.39 is 5.82 Å². The average molecular weight is 281 g/mol. The van der Waals surface area contributed by atoms with Crippen LogP contribution in [0.3, 0.4) is 0 Å². The lowest BCUT2D eigenvalue weighted by atomic mass is 10.1. The molecule has 0 unspecified atom stereocenters. The highest BCUT2D eigenvalue weighted by Gasteiger charge is 2.15. The molecule has 0 aliphatic rings. The number of carbonyl (C=O) groups is 1. The zero-order chi connectivity index (χ0) is 11.5. The molecule has 0 saturated carbocycles. The first kappa shape index (κ1) is 10.9. The molecule has 1 heterocycles. The Bertz CT molecular complexity index is 531. The largest absolute Gasteiger partial charge is 0.287 e. The molecule has 1 aromatic carbocycles. The minimum atomic E-state index is -0.477. The van der Waals surface area contributed by atoms with Gasteiger partial charge in [-0.1, -0.05) is 6.07 Å². The van der Waals surface area contributed by atoms with Crippen LogP contribution in [0.2, 0.25) is 0 Å². The van der Waals surface area contributed by atoms with Crippen LogP contribution < -0.4 is 0 Å². The maximum absolute atomic E-state index is 13.2. The predicted octanol–water partition coefficient (Wildman–Crippen LogP) is 2.61. The number of ketones is 1. The molecule has 0 atom stereocenters. The number of carbonyl (C=O) groups excluding carboxylic acids is 1. The molecule has 0 N–H and O–H groups in total. The number of rotatable bonds is 2. The summed E-state index contributed by atoms with van der Waals surface area (Å²) in [7, 11) is 0. The molecule has 0 fully saturated rings. The summed E-state index contributed by atoms with van der Waals surface area (Å²) in [5.41, 5.74) is 0.425. The highest BCUT2D eigenvalue weighted by atomic mass is 79.9. The maximum atomic E-state index is 13.2. The summed E-state index contributed by atoms with van der Waals surface area (Å²) in [5.74, 6) is -0.839. The molecule has 2 aromatic rings. The van der Waals surface area contributed by atoms with E-state index in [2.05, 4.69) is 25.9 Å². The van der Waals surface area contributed by atoms with E-state index in [0.717, 1.165) is 0 Å². The second-order valence-electron chi connectivity index (χ2n) is 3.02. The third kappa shape index (κ3) is 1.99. The zero-order valence-corrected chi connectivity index (χ0v) is 9.61. The van der Waals surface area contributed by atoms with Crippen LogP contribution in [0.1, 0.15) is 16.1 Å². The number of benzene rings is 1. The standard InChI is InChI=1S/C11H6BrFN2O/c12-10-7(2-1-3-8(10)13)11(16)9-6-14-4-5-15-9/h1-6H. The number of nitrogens with zero attached hydrogens (tertiary/aromatic N) is 2. The smallest absolute Gasteiger partial charge is 0.214 e. The Kier molecular flexibility index (Phi) is 3.05. The maximum Gasteiger partial charge on any atom is 0.214 e. The summed E-state index contributed by atoms with van der Waals surface area (Å²) in [6.45, 7) is 0. The van der Waals surface area contributed by atoms with Crippen molar-refractivity contribution in [3.63, 3.8) is 0 Å². The van der Waals surface area contributed by atoms with Gasteiger partial charge in [0.1, 0.15) is 11.5 Å². The molecule has 16 heavy (non-hydrogen) atoms. The Labute approximate surface area is 99.5 Å². The second-order valence-corrected chi connectivity index (χ2v) is 3.81. The Morgan fingerprint density at radius 3 is 2.81 bits per heavy atom. The Morgan fingerprint density at radius 2 is 2.12 bits per heavy atom. The second kappa shape index (κ2) is 4.49. The fourth-order valence-corrected chi connectivity index (χ4v) is 1.68. The van der Waals surface area contributed by atoms with E-state index in [9.17, 15) is 9.18 Å². The van der Waals surface area contributed by atoms with Gasteiger partial charge in [-0.25, -0.2) is 9.37 Å². The van der Waals surface area contributed by atoms with Crippen molar-refractivity contribution in [3.05, 3.63) is 58.3 Å². The molecule has 3 nitrogen and oxygen atoms in total. The van der Waals surface area contributed by atoms with Crippen molar-refractivity contribution < 1.29 is 9.18 Å². The van der Waals surface area contributed by atoms with Gasteiger partial charge in [0.2, 0.25) is 5.78 Å². The first-order chi connectivity index (χ1) is 7.70. The van der Waals surface area contributed by atoms with Crippen LogP contribution in [0.15, 0.2) is 41.3 Å². The normalized spacial score (nSPS) is 10.1. The SMILES string of the molecule is O=C(c1cnccn1)c1cccc(F)c1Br. The van der Waals surface area contributed by atoms with E-state index in [1.807, 2.05) is 0 Å². The summed E-state index contributed by atoms with van der Waals surface area (Å²) < 4.78 is 13.4. The van der Waals surface area contributed by atoms with Gasteiger partial charge in [0.15, 0.2) is 0 Å². The Balaban J connectivity index is 2.46. The van der Waals surface area contributed by atoms with Crippen LogP contribution >= 0.6 is 15.9 Å². The minimum Gasteiger partial charge on any atom is -0.287 e. The van der Waals surface area contributed by atoms with Crippen molar-refractivity contribution in [1.82, 2.24) is 9.97 Å². The minimum absolute atomic E-state index is 0.144. The number of aromatic nitrogens is 2. The Morgan fingerprint density at radius 1 is 1.31 bits per heavy atom. The molecule has 0 radical (unpaired) electrons. The molecule has 0 bridgehead atoms. The van der Waals surface area contributed by atoms with Gasteiger partial charge in [-0.05, 0) is 28.1 Å². The monoisotopic (exact) mass is 280 g/mol. The molecular weight excluding hydrogens is 275 g/mol. The van der Waals surface area contributed by atoms with Crippen LogP contribution in [0.25, 0.3) is 0 Å². The van der Waals surface area contributed by atoms with Gasteiger partial charge < -0.3 is 0 Å².